The summed E-state index contributed by atoms with van der Waals surface area (Å²) in [7, 11) is 0. The first-order chi connectivity index (χ1) is 6.65. The molecule has 0 aromatic carbocycles. The fourth-order valence-corrected chi connectivity index (χ4v) is 0.834. The number of oxime groups is 1. The normalized spacial score (nSPS) is 13.6. The van der Waals surface area contributed by atoms with E-state index in [1.807, 2.05) is 0 Å². The van der Waals surface area contributed by atoms with Crippen LogP contribution in [0.5, 0.6) is 0 Å². The fourth-order valence-electron chi connectivity index (χ4n) is 0.834. The molecule has 14 heavy (non-hydrogen) atoms. The van der Waals surface area contributed by atoms with Crippen LogP contribution in [0.3, 0.4) is 0 Å². The average molecular weight is 197 g/mol. The Labute approximate surface area is 80.4 Å². The molecule has 0 spiro atoms. The predicted octanol–water partition coefficient (Wildman–Crippen LogP) is 0.144. The molecule has 6 nitrogen and oxygen atoms in total. The largest absolute Gasteiger partial charge is 0.472 e. The molecule has 1 unspecified atom stereocenters. The van der Waals surface area contributed by atoms with E-state index >= 15 is 0 Å². The molecule has 0 aliphatic heterocycles. The van der Waals surface area contributed by atoms with Crippen molar-refractivity contribution >= 4 is 11.7 Å². The molecule has 0 bridgehead atoms. The Morgan fingerprint density at radius 2 is 2.50 bits per heavy atom. The lowest BCUT2D eigenvalue weighted by molar-refractivity contribution is 0.0948. The maximum absolute atomic E-state index is 11.4. The van der Waals surface area contributed by atoms with E-state index in [4.69, 9.17) is 15.4 Å². The average Bonchev–Trinajstić information content (AvgIpc) is 2.69. The Balaban J connectivity index is 2.58. The van der Waals surface area contributed by atoms with Crippen molar-refractivity contribution in [2.24, 2.45) is 10.9 Å². The van der Waals surface area contributed by atoms with Gasteiger partial charge in [-0.3, -0.25) is 4.79 Å². The highest BCUT2D eigenvalue weighted by Gasteiger charge is 2.13. The molecule has 1 aromatic rings. The van der Waals surface area contributed by atoms with E-state index in [-0.39, 0.29) is 11.7 Å². The van der Waals surface area contributed by atoms with Crippen molar-refractivity contribution < 1.29 is 14.4 Å². The first-order valence-corrected chi connectivity index (χ1v) is 3.95. The molecule has 1 aromatic heterocycles. The third-order valence-corrected chi connectivity index (χ3v) is 1.69. The Bertz CT molecular complexity index is 332. The molecule has 0 aliphatic rings. The number of furan rings is 1. The quantitative estimate of drug-likeness (QED) is 0.278. The summed E-state index contributed by atoms with van der Waals surface area (Å²) in [6.45, 7) is 1.60. The zero-order chi connectivity index (χ0) is 10.6. The van der Waals surface area contributed by atoms with E-state index in [1.54, 1.807) is 6.92 Å². The van der Waals surface area contributed by atoms with E-state index in [9.17, 15) is 4.79 Å². The van der Waals surface area contributed by atoms with Crippen LogP contribution in [0.1, 0.15) is 17.3 Å². The van der Waals surface area contributed by atoms with Gasteiger partial charge >= 0.3 is 0 Å². The van der Waals surface area contributed by atoms with Gasteiger partial charge in [-0.25, -0.2) is 0 Å². The van der Waals surface area contributed by atoms with Crippen LogP contribution >= 0.6 is 0 Å². The van der Waals surface area contributed by atoms with Crippen LogP contribution in [0, 0.1) is 0 Å². The maximum atomic E-state index is 11.4. The van der Waals surface area contributed by atoms with Crippen LogP contribution in [0.2, 0.25) is 0 Å². The van der Waals surface area contributed by atoms with E-state index in [0.717, 1.165) is 0 Å². The van der Waals surface area contributed by atoms with Crippen molar-refractivity contribution in [3.8, 4) is 0 Å². The van der Waals surface area contributed by atoms with Crippen LogP contribution in [0.25, 0.3) is 0 Å². The Morgan fingerprint density at radius 3 is 3.00 bits per heavy atom. The molecule has 0 saturated heterocycles. The second-order valence-corrected chi connectivity index (χ2v) is 2.73. The van der Waals surface area contributed by atoms with Crippen LogP contribution in [0.4, 0.5) is 0 Å². The van der Waals surface area contributed by atoms with Crippen molar-refractivity contribution in [3.05, 3.63) is 24.2 Å². The number of amidine groups is 1. The molecule has 1 rings (SSSR count). The summed E-state index contributed by atoms with van der Waals surface area (Å²) >= 11 is 0. The minimum absolute atomic E-state index is 0.0538. The van der Waals surface area contributed by atoms with Gasteiger partial charge < -0.3 is 20.7 Å². The topological polar surface area (TPSA) is 101 Å². The Kier molecular flexibility index (Phi) is 3.11. The van der Waals surface area contributed by atoms with E-state index in [2.05, 4.69) is 10.5 Å². The van der Waals surface area contributed by atoms with Gasteiger partial charge in [-0.05, 0) is 13.0 Å². The highest BCUT2D eigenvalue weighted by atomic mass is 16.4. The van der Waals surface area contributed by atoms with Gasteiger partial charge in [-0.1, -0.05) is 5.16 Å². The minimum atomic E-state index is -0.526. The van der Waals surface area contributed by atoms with Crippen LogP contribution in [0.15, 0.2) is 28.2 Å². The molecule has 1 atom stereocenters. The molecule has 0 fully saturated rings. The van der Waals surface area contributed by atoms with Crippen molar-refractivity contribution in [3.63, 3.8) is 0 Å². The van der Waals surface area contributed by atoms with Gasteiger partial charge in [0.05, 0.1) is 17.9 Å². The van der Waals surface area contributed by atoms with Crippen molar-refractivity contribution in [2.75, 3.05) is 0 Å². The van der Waals surface area contributed by atoms with E-state index < -0.39 is 6.04 Å². The summed E-state index contributed by atoms with van der Waals surface area (Å²) < 4.78 is 4.73. The molecule has 0 aliphatic carbocycles. The van der Waals surface area contributed by atoms with Gasteiger partial charge in [0, 0.05) is 0 Å². The molecular weight excluding hydrogens is 186 g/mol. The summed E-state index contributed by atoms with van der Waals surface area (Å²) in [6, 6.07) is 0.997. The Hall–Kier alpha value is -1.98. The molecule has 6 heteroatoms. The van der Waals surface area contributed by atoms with Gasteiger partial charge in [0.15, 0.2) is 5.84 Å². The highest BCUT2D eigenvalue weighted by molar-refractivity contribution is 5.97. The van der Waals surface area contributed by atoms with Crippen molar-refractivity contribution in [1.82, 2.24) is 5.32 Å². The smallest absolute Gasteiger partial charge is 0.255 e. The number of hydrogen-bond acceptors (Lipinski definition) is 4. The van der Waals surface area contributed by atoms with E-state index in [0.29, 0.717) is 5.56 Å². The summed E-state index contributed by atoms with van der Waals surface area (Å²) in [5.41, 5.74) is 5.67. The lowest BCUT2D eigenvalue weighted by Crippen LogP contribution is -2.42. The van der Waals surface area contributed by atoms with Gasteiger partial charge in [0.1, 0.15) is 6.26 Å². The van der Waals surface area contributed by atoms with Crippen LogP contribution < -0.4 is 11.1 Å². The van der Waals surface area contributed by atoms with Gasteiger partial charge in [-0.15, -0.1) is 0 Å². The number of carbonyl (C=O) groups is 1. The monoisotopic (exact) mass is 197 g/mol. The first-order valence-electron chi connectivity index (χ1n) is 3.95. The van der Waals surface area contributed by atoms with Crippen molar-refractivity contribution in [2.45, 2.75) is 13.0 Å². The summed E-state index contributed by atoms with van der Waals surface area (Å²) in [5, 5.41) is 13.6. The van der Waals surface area contributed by atoms with Crippen LogP contribution in [-0.4, -0.2) is 23.0 Å². The zero-order valence-electron chi connectivity index (χ0n) is 7.60. The van der Waals surface area contributed by atoms with Gasteiger partial charge in [-0.2, -0.15) is 0 Å². The summed E-state index contributed by atoms with van der Waals surface area (Å²) in [6.07, 6.45) is 2.71. The molecule has 1 amide bonds. The maximum Gasteiger partial charge on any atom is 0.255 e. The summed E-state index contributed by atoms with van der Waals surface area (Å²) in [5.74, 6) is -0.389. The fraction of sp³-hybridized carbons (Fsp3) is 0.250. The summed E-state index contributed by atoms with van der Waals surface area (Å²) in [4.78, 5) is 11.4. The highest BCUT2D eigenvalue weighted by Crippen LogP contribution is 1.99. The third-order valence-electron chi connectivity index (χ3n) is 1.69. The predicted molar refractivity (Wildman–Crippen MR) is 49.0 cm³/mol. The Morgan fingerprint density at radius 1 is 1.79 bits per heavy atom. The minimum Gasteiger partial charge on any atom is -0.472 e. The number of hydrogen-bond donors (Lipinski definition) is 3. The van der Waals surface area contributed by atoms with Gasteiger partial charge in [0.25, 0.3) is 5.91 Å². The standard InChI is InChI=1S/C8H11N3O3/c1-5(7(9)11-13)10-8(12)6-2-3-14-4-6/h2-5,13H,1H3,(H2,9,11)(H,10,12). The molecule has 1 heterocycles. The second-order valence-electron chi connectivity index (χ2n) is 2.73. The number of carbonyl (C=O) groups excluding carboxylic acids is 1. The molecule has 76 valence electrons. The third kappa shape index (κ3) is 2.25. The molecular formula is C8H11N3O3. The second kappa shape index (κ2) is 4.31. The van der Waals surface area contributed by atoms with Gasteiger partial charge in [0.2, 0.25) is 0 Å². The molecule has 0 radical (unpaired) electrons. The number of amides is 1. The first kappa shape index (κ1) is 10.1. The number of nitrogens with one attached hydrogen (secondary N) is 1. The zero-order valence-corrected chi connectivity index (χ0v) is 7.60. The molecule has 4 N–H and O–H groups in total. The van der Waals surface area contributed by atoms with Crippen molar-refractivity contribution in [1.29, 1.82) is 0 Å². The van der Waals surface area contributed by atoms with E-state index in [1.165, 1.54) is 18.6 Å². The number of nitrogens with zero attached hydrogens (tertiary/aromatic N) is 1. The lowest BCUT2D eigenvalue weighted by atomic mass is 10.2. The number of rotatable bonds is 3. The molecule has 0 saturated carbocycles. The van der Waals surface area contributed by atoms with Crippen LogP contribution in [-0.2, 0) is 0 Å². The SMILES string of the molecule is CC(NC(=O)c1ccoc1)/C(N)=N/O. The lowest BCUT2D eigenvalue weighted by Gasteiger charge is -2.10. The number of nitrogens with two attached hydrogens (primary N) is 1.